The van der Waals surface area contributed by atoms with E-state index in [1.54, 1.807) is 17.7 Å². The molecule has 1 fully saturated rings. The van der Waals surface area contributed by atoms with Crippen molar-refractivity contribution in [2.24, 2.45) is 0 Å². The quantitative estimate of drug-likeness (QED) is 0.545. The molecule has 142 valence electrons. The van der Waals surface area contributed by atoms with Crippen molar-refractivity contribution in [3.63, 3.8) is 0 Å². The first kappa shape index (κ1) is 18.8. The van der Waals surface area contributed by atoms with Gasteiger partial charge in [-0.1, -0.05) is 47.5 Å². The third-order valence-corrected chi connectivity index (χ3v) is 7.03. The monoisotopic (exact) mass is 444 g/mol. The normalized spacial score (nSPS) is 16.1. The smallest absolute Gasteiger partial charge is 0.138 e. The predicted molar refractivity (Wildman–Crippen MR) is 117 cm³/mol. The molecule has 0 spiro atoms. The summed E-state index contributed by atoms with van der Waals surface area (Å²) >= 11 is 5.46. The molecule has 1 N–H and O–H groups in total. The van der Waals surface area contributed by atoms with Crippen LogP contribution in [0.4, 0.5) is 5.82 Å². The van der Waals surface area contributed by atoms with Gasteiger partial charge in [-0.2, -0.15) is 0 Å². The molecule has 0 aliphatic carbocycles. The standard InChI is InChI=1S/C21H25BrN4S/c1-2-5-17-12-18-20(23-14-24-21(18)27-17)25-16-8-10-26(11-9-16)13-15-6-3-4-7-19(15)22/h3-4,6-7,12,14,16H,2,5,8-11,13H2,1H3,(H,23,24,25). The van der Waals surface area contributed by atoms with E-state index in [0.29, 0.717) is 6.04 Å². The Morgan fingerprint density at radius 1 is 1.22 bits per heavy atom. The maximum absolute atomic E-state index is 4.54. The summed E-state index contributed by atoms with van der Waals surface area (Å²) in [4.78, 5) is 14.0. The Morgan fingerprint density at radius 3 is 2.81 bits per heavy atom. The third-order valence-electron chi connectivity index (χ3n) is 5.16. The second-order valence-electron chi connectivity index (χ2n) is 7.19. The highest BCUT2D eigenvalue weighted by atomic mass is 79.9. The van der Waals surface area contributed by atoms with Crippen molar-refractivity contribution in [2.75, 3.05) is 18.4 Å². The zero-order valence-electron chi connectivity index (χ0n) is 15.6. The first-order chi connectivity index (χ1) is 13.2. The maximum atomic E-state index is 4.54. The fraction of sp³-hybridized carbons (Fsp3) is 0.429. The molecule has 4 rings (SSSR count). The summed E-state index contributed by atoms with van der Waals surface area (Å²) in [6.07, 6.45) is 6.26. The molecule has 6 heteroatoms. The van der Waals surface area contributed by atoms with Crippen LogP contribution in [0, 0.1) is 0 Å². The zero-order chi connectivity index (χ0) is 18.6. The lowest BCUT2D eigenvalue weighted by Gasteiger charge is -2.32. The summed E-state index contributed by atoms with van der Waals surface area (Å²) in [5.41, 5.74) is 1.36. The second-order valence-corrected chi connectivity index (χ2v) is 9.16. The van der Waals surface area contributed by atoms with Gasteiger partial charge < -0.3 is 5.32 Å². The van der Waals surface area contributed by atoms with E-state index in [0.717, 1.165) is 49.5 Å². The van der Waals surface area contributed by atoms with Crippen LogP contribution in [0.2, 0.25) is 0 Å². The number of hydrogen-bond donors (Lipinski definition) is 1. The number of likely N-dealkylation sites (tertiary alicyclic amines) is 1. The summed E-state index contributed by atoms with van der Waals surface area (Å²) < 4.78 is 1.20. The number of rotatable bonds is 6. The highest BCUT2D eigenvalue weighted by Crippen LogP contribution is 2.30. The number of thiophene rings is 1. The summed E-state index contributed by atoms with van der Waals surface area (Å²) in [6.45, 7) is 5.45. The van der Waals surface area contributed by atoms with E-state index in [4.69, 9.17) is 0 Å². The van der Waals surface area contributed by atoms with Crippen molar-refractivity contribution < 1.29 is 0 Å². The van der Waals surface area contributed by atoms with Crippen LogP contribution in [-0.2, 0) is 13.0 Å². The van der Waals surface area contributed by atoms with Crippen LogP contribution in [0.3, 0.4) is 0 Å². The van der Waals surface area contributed by atoms with Gasteiger partial charge in [0.2, 0.25) is 0 Å². The summed E-state index contributed by atoms with van der Waals surface area (Å²) in [6, 6.07) is 11.3. The number of anilines is 1. The minimum atomic E-state index is 0.480. The lowest BCUT2D eigenvalue weighted by molar-refractivity contribution is 0.211. The Kier molecular flexibility index (Phi) is 6.05. The van der Waals surface area contributed by atoms with E-state index in [1.165, 1.54) is 26.7 Å². The Bertz CT molecular complexity index is 902. The topological polar surface area (TPSA) is 41.0 Å². The minimum absolute atomic E-state index is 0.480. The lowest BCUT2D eigenvalue weighted by atomic mass is 10.0. The van der Waals surface area contributed by atoms with Crippen LogP contribution >= 0.6 is 27.3 Å². The highest BCUT2D eigenvalue weighted by molar-refractivity contribution is 9.10. The van der Waals surface area contributed by atoms with Crippen LogP contribution in [-0.4, -0.2) is 34.0 Å². The molecule has 0 saturated carbocycles. The molecule has 1 aromatic carbocycles. The molecule has 3 aromatic rings. The first-order valence-corrected chi connectivity index (χ1v) is 11.3. The molecule has 0 radical (unpaired) electrons. The molecule has 3 heterocycles. The van der Waals surface area contributed by atoms with Gasteiger partial charge in [-0.15, -0.1) is 11.3 Å². The number of aromatic nitrogens is 2. The molecule has 1 saturated heterocycles. The van der Waals surface area contributed by atoms with Gasteiger partial charge in [0.25, 0.3) is 0 Å². The maximum Gasteiger partial charge on any atom is 0.138 e. The van der Waals surface area contributed by atoms with Crippen LogP contribution in [0.5, 0.6) is 0 Å². The molecule has 4 nitrogen and oxygen atoms in total. The van der Waals surface area contributed by atoms with Gasteiger partial charge in [0, 0.05) is 35.0 Å². The van der Waals surface area contributed by atoms with Crippen molar-refractivity contribution in [1.29, 1.82) is 0 Å². The van der Waals surface area contributed by atoms with Gasteiger partial charge in [0.15, 0.2) is 0 Å². The predicted octanol–water partition coefficient (Wildman–Crippen LogP) is 5.48. The molecule has 0 unspecified atom stereocenters. The molecular formula is C21H25BrN4S. The van der Waals surface area contributed by atoms with Crippen LogP contribution < -0.4 is 5.32 Å². The van der Waals surface area contributed by atoms with Crippen molar-refractivity contribution >= 4 is 43.3 Å². The summed E-state index contributed by atoms with van der Waals surface area (Å²) in [7, 11) is 0. The van der Waals surface area contributed by atoms with Crippen LogP contribution in [0.25, 0.3) is 10.2 Å². The van der Waals surface area contributed by atoms with E-state index >= 15 is 0 Å². The number of fused-ring (bicyclic) bond motifs is 1. The SMILES string of the molecule is CCCc1cc2c(NC3CCN(Cc4ccccc4Br)CC3)ncnc2s1. The Morgan fingerprint density at radius 2 is 2.04 bits per heavy atom. The average molecular weight is 445 g/mol. The molecular weight excluding hydrogens is 420 g/mol. The minimum Gasteiger partial charge on any atom is -0.367 e. The molecule has 27 heavy (non-hydrogen) atoms. The number of hydrogen-bond acceptors (Lipinski definition) is 5. The first-order valence-electron chi connectivity index (χ1n) is 9.68. The van der Waals surface area contributed by atoms with E-state index in [2.05, 4.69) is 73.4 Å². The molecule has 0 amide bonds. The molecule has 0 atom stereocenters. The number of benzene rings is 1. The third kappa shape index (κ3) is 4.50. The average Bonchev–Trinajstić information content (AvgIpc) is 3.09. The zero-order valence-corrected chi connectivity index (χ0v) is 18.0. The number of piperidine rings is 1. The van der Waals surface area contributed by atoms with E-state index in [-0.39, 0.29) is 0 Å². The Hall–Kier alpha value is -1.50. The number of nitrogens with one attached hydrogen (secondary N) is 1. The van der Waals surface area contributed by atoms with Gasteiger partial charge in [0.05, 0.1) is 5.39 Å². The highest BCUT2D eigenvalue weighted by Gasteiger charge is 2.21. The lowest BCUT2D eigenvalue weighted by Crippen LogP contribution is -2.38. The van der Waals surface area contributed by atoms with Crippen LogP contribution in [0.1, 0.15) is 36.6 Å². The molecule has 0 bridgehead atoms. The largest absolute Gasteiger partial charge is 0.367 e. The van der Waals surface area contributed by atoms with Gasteiger partial charge in [-0.25, -0.2) is 9.97 Å². The fourth-order valence-corrected chi connectivity index (χ4v) is 5.19. The number of halogens is 1. The number of aryl methyl sites for hydroxylation is 1. The summed E-state index contributed by atoms with van der Waals surface area (Å²) in [5, 5.41) is 4.88. The summed E-state index contributed by atoms with van der Waals surface area (Å²) in [5.74, 6) is 1.00. The van der Waals surface area contributed by atoms with Gasteiger partial charge in [0.1, 0.15) is 17.0 Å². The Labute approximate surface area is 173 Å². The van der Waals surface area contributed by atoms with Crippen molar-refractivity contribution in [3.8, 4) is 0 Å². The van der Waals surface area contributed by atoms with Gasteiger partial charge >= 0.3 is 0 Å². The van der Waals surface area contributed by atoms with E-state index in [1.807, 2.05) is 0 Å². The number of nitrogens with zero attached hydrogens (tertiary/aromatic N) is 3. The van der Waals surface area contributed by atoms with E-state index < -0.39 is 0 Å². The van der Waals surface area contributed by atoms with Crippen molar-refractivity contribution in [2.45, 2.75) is 45.2 Å². The fourth-order valence-electron chi connectivity index (χ4n) is 3.69. The van der Waals surface area contributed by atoms with Crippen LogP contribution in [0.15, 0.2) is 41.1 Å². The van der Waals surface area contributed by atoms with Gasteiger partial charge in [-0.3, -0.25) is 4.90 Å². The van der Waals surface area contributed by atoms with E-state index in [9.17, 15) is 0 Å². The molecule has 1 aliphatic heterocycles. The Balaban J connectivity index is 1.38. The van der Waals surface area contributed by atoms with Gasteiger partial charge in [-0.05, 0) is 37.0 Å². The molecule has 1 aliphatic rings. The molecule has 2 aromatic heterocycles. The van der Waals surface area contributed by atoms with Crippen molar-refractivity contribution in [1.82, 2.24) is 14.9 Å². The second kappa shape index (κ2) is 8.67. The van der Waals surface area contributed by atoms with Crippen molar-refractivity contribution in [3.05, 3.63) is 51.6 Å².